The van der Waals surface area contributed by atoms with Crippen molar-refractivity contribution in [2.24, 2.45) is 0 Å². The molecule has 1 aliphatic carbocycles. The number of carbonyl (C=O) groups is 1. The van der Waals surface area contributed by atoms with Gasteiger partial charge in [-0.2, -0.15) is 0 Å². The Kier molecular flexibility index (Phi) is 2.36. The number of rotatable bonds is 1. The van der Waals surface area contributed by atoms with Gasteiger partial charge in [0.2, 0.25) is 0 Å². The molecule has 1 amide bonds. The maximum absolute atomic E-state index is 12.1. The van der Waals surface area contributed by atoms with E-state index in [4.69, 9.17) is 11.6 Å². The van der Waals surface area contributed by atoms with E-state index in [1.165, 1.54) is 12.8 Å². The molecule has 2 fully saturated rings. The van der Waals surface area contributed by atoms with Gasteiger partial charge >= 0.3 is 0 Å². The summed E-state index contributed by atoms with van der Waals surface area (Å²) in [5.74, 6) is 0.0411. The molecule has 3 nitrogen and oxygen atoms in total. The minimum atomic E-state index is 0.0411. The van der Waals surface area contributed by atoms with Crippen LogP contribution < -0.4 is 0 Å². The number of carbonyl (C=O) groups excluding carboxylic acids is 1. The molecule has 0 unspecified atom stereocenters. The molecule has 1 aliphatic heterocycles. The van der Waals surface area contributed by atoms with Gasteiger partial charge in [-0.1, -0.05) is 24.4 Å². The summed E-state index contributed by atoms with van der Waals surface area (Å²) in [6.07, 6.45) is 6.37. The van der Waals surface area contributed by atoms with Crippen molar-refractivity contribution in [2.45, 2.75) is 37.8 Å². The van der Waals surface area contributed by atoms with Crippen molar-refractivity contribution < 1.29 is 4.79 Å². The van der Waals surface area contributed by atoms with E-state index in [0.29, 0.717) is 22.8 Å². The third-order valence-corrected chi connectivity index (χ3v) is 3.73. The molecule has 3 rings (SSSR count). The molecule has 1 aromatic rings. The number of amides is 1. The molecule has 2 aliphatic rings. The summed E-state index contributed by atoms with van der Waals surface area (Å²) >= 11 is 5.86. The highest BCUT2D eigenvalue weighted by Gasteiger charge is 2.51. The summed E-state index contributed by atoms with van der Waals surface area (Å²) < 4.78 is 0. The Hall–Kier alpha value is -1.09. The van der Waals surface area contributed by atoms with Crippen LogP contribution in [0, 0.1) is 0 Å². The van der Waals surface area contributed by atoms with Crippen LogP contribution in [0.1, 0.15) is 36.2 Å². The van der Waals surface area contributed by atoms with E-state index < -0.39 is 0 Å². The number of hydrogen-bond donors (Lipinski definition) is 0. The molecule has 0 bridgehead atoms. The third-order valence-electron chi connectivity index (χ3n) is 3.49. The van der Waals surface area contributed by atoms with Crippen molar-refractivity contribution in [3.63, 3.8) is 0 Å². The summed E-state index contributed by atoms with van der Waals surface area (Å²) in [7, 11) is 0. The number of likely N-dealkylation sites (tertiary alicyclic amines) is 1. The number of nitrogens with zero attached hydrogens (tertiary/aromatic N) is 2. The Labute approximate surface area is 99.4 Å². The molecule has 2 heterocycles. The topological polar surface area (TPSA) is 33.0 Å². The van der Waals surface area contributed by atoms with E-state index in [1.54, 1.807) is 18.3 Å². The SMILES string of the molecule is O=C(c1cc(Cl)ccn1)N1[C@@H]2CCCC[C@H]21. The lowest BCUT2D eigenvalue weighted by Crippen LogP contribution is -2.16. The van der Waals surface area contributed by atoms with Gasteiger partial charge in [0.05, 0.1) is 12.1 Å². The van der Waals surface area contributed by atoms with Gasteiger partial charge < -0.3 is 4.90 Å². The number of hydrogen-bond acceptors (Lipinski definition) is 2. The molecular formula is C12H13ClN2O. The van der Waals surface area contributed by atoms with Gasteiger partial charge in [-0.05, 0) is 25.0 Å². The van der Waals surface area contributed by atoms with Crippen molar-refractivity contribution in [3.8, 4) is 0 Å². The summed E-state index contributed by atoms with van der Waals surface area (Å²) in [6, 6.07) is 4.28. The van der Waals surface area contributed by atoms with Crippen LogP contribution in [0.3, 0.4) is 0 Å². The van der Waals surface area contributed by atoms with Gasteiger partial charge in [-0.15, -0.1) is 0 Å². The lowest BCUT2D eigenvalue weighted by Gasteiger charge is -2.02. The smallest absolute Gasteiger partial charge is 0.273 e. The molecule has 0 aromatic carbocycles. The molecule has 84 valence electrons. The number of pyridine rings is 1. The van der Waals surface area contributed by atoms with Gasteiger partial charge in [-0.25, -0.2) is 0 Å². The highest BCUT2D eigenvalue weighted by atomic mass is 35.5. The van der Waals surface area contributed by atoms with Gasteiger partial charge in [-0.3, -0.25) is 9.78 Å². The highest BCUT2D eigenvalue weighted by molar-refractivity contribution is 6.30. The number of aromatic nitrogens is 1. The summed E-state index contributed by atoms with van der Waals surface area (Å²) in [4.78, 5) is 18.2. The molecule has 0 spiro atoms. The monoisotopic (exact) mass is 236 g/mol. The number of fused-ring (bicyclic) bond motifs is 1. The van der Waals surface area contributed by atoms with Gasteiger partial charge in [0.25, 0.3) is 5.91 Å². The molecule has 2 atom stereocenters. The lowest BCUT2D eigenvalue weighted by atomic mass is 10.0. The fourth-order valence-corrected chi connectivity index (χ4v) is 2.82. The predicted molar refractivity (Wildman–Crippen MR) is 61.5 cm³/mol. The highest BCUT2D eigenvalue weighted by Crippen LogP contribution is 2.41. The van der Waals surface area contributed by atoms with E-state index in [-0.39, 0.29) is 5.91 Å². The standard InChI is InChI=1S/C12H13ClN2O/c13-8-5-6-14-9(7-8)12(16)15-10-3-1-2-4-11(10)15/h5-7,10-11H,1-4H2/t10-,11-/m1/s1. The van der Waals surface area contributed by atoms with Crippen molar-refractivity contribution in [1.82, 2.24) is 9.88 Å². The zero-order valence-corrected chi connectivity index (χ0v) is 9.65. The van der Waals surface area contributed by atoms with Crippen LogP contribution in [0.5, 0.6) is 0 Å². The third kappa shape index (κ3) is 1.59. The van der Waals surface area contributed by atoms with E-state index in [0.717, 1.165) is 12.8 Å². The molecule has 16 heavy (non-hydrogen) atoms. The van der Waals surface area contributed by atoms with Gasteiger partial charge in [0.15, 0.2) is 0 Å². The molecule has 1 saturated heterocycles. The normalized spacial score (nSPS) is 27.4. The minimum absolute atomic E-state index is 0.0411. The Morgan fingerprint density at radius 1 is 1.38 bits per heavy atom. The first kappa shape index (κ1) is 10.1. The fourth-order valence-electron chi connectivity index (χ4n) is 2.66. The first-order chi connectivity index (χ1) is 7.77. The van der Waals surface area contributed by atoms with Crippen LogP contribution in [0.4, 0.5) is 0 Å². The van der Waals surface area contributed by atoms with Crippen LogP contribution in [-0.2, 0) is 0 Å². The Morgan fingerprint density at radius 3 is 2.69 bits per heavy atom. The Morgan fingerprint density at radius 2 is 2.06 bits per heavy atom. The summed E-state index contributed by atoms with van der Waals surface area (Å²) in [5, 5.41) is 0.572. The molecule has 4 heteroatoms. The second kappa shape index (κ2) is 3.74. The largest absolute Gasteiger partial charge is 0.327 e. The fraction of sp³-hybridized carbons (Fsp3) is 0.500. The van der Waals surface area contributed by atoms with Crippen LogP contribution in [0.15, 0.2) is 18.3 Å². The van der Waals surface area contributed by atoms with Crippen molar-refractivity contribution in [2.75, 3.05) is 0 Å². The van der Waals surface area contributed by atoms with Crippen LogP contribution in [0.2, 0.25) is 5.02 Å². The molecule has 1 saturated carbocycles. The van der Waals surface area contributed by atoms with Gasteiger partial charge in [0.1, 0.15) is 5.69 Å². The van der Waals surface area contributed by atoms with Crippen LogP contribution in [0.25, 0.3) is 0 Å². The average molecular weight is 237 g/mol. The van der Waals surface area contributed by atoms with Crippen LogP contribution >= 0.6 is 11.6 Å². The quantitative estimate of drug-likeness (QED) is 0.702. The van der Waals surface area contributed by atoms with Crippen molar-refractivity contribution >= 4 is 17.5 Å². The summed E-state index contributed by atoms with van der Waals surface area (Å²) in [6.45, 7) is 0. The lowest BCUT2D eigenvalue weighted by molar-refractivity contribution is 0.0859. The van der Waals surface area contributed by atoms with Crippen LogP contribution in [-0.4, -0.2) is 27.9 Å². The molecule has 0 radical (unpaired) electrons. The maximum Gasteiger partial charge on any atom is 0.273 e. The zero-order chi connectivity index (χ0) is 11.1. The summed E-state index contributed by atoms with van der Waals surface area (Å²) in [5.41, 5.74) is 0.474. The molecule has 0 N–H and O–H groups in total. The van der Waals surface area contributed by atoms with E-state index in [9.17, 15) is 4.79 Å². The molecular weight excluding hydrogens is 224 g/mol. The second-order valence-corrected chi connectivity index (χ2v) is 4.93. The zero-order valence-electron chi connectivity index (χ0n) is 8.90. The predicted octanol–water partition coefficient (Wildman–Crippen LogP) is 2.50. The minimum Gasteiger partial charge on any atom is -0.327 e. The Bertz CT molecular complexity index is 423. The number of halogens is 1. The van der Waals surface area contributed by atoms with E-state index >= 15 is 0 Å². The average Bonchev–Trinajstić information content (AvgIpc) is 3.02. The second-order valence-electron chi connectivity index (χ2n) is 4.49. The maximum atomic E-state index is 12.1. The van der Waals surface area contributed by atoms with Gasteiger partial charge in [0, 0.05) is 11.2 Å². The van der Waals surface area contributed by atoms with E-state index in [2.05, 4.69) is 4.98 Å². The van der Waals surface area contributed by atoms with E-state index in [1.807, 2.05) is 4.90 Å². The molecule has 1 aromatic heterocycles. The first-order valence-corrected chi connectivity index (χ1v) is 6.09. The van der Waals surface area contributed by atoms with Crippen molar-refractivity contribution in [3.05, 3.63) is 29.0 Å². The first-order valence-electron chi connectivity index (χ1n) is 5.71. The van der Waals surface area contributed by atoms with Crippen molar-refractivity contribution in [1.29, 1.82) is 0 Å². The Balaban J connectivity index is 1.79.